The third kappa shape index (κ3) is 8.64. The Hall–Kier alpha value is -0.930. The van der Waals surface area contributed by atoms with Gasteiger partial charge in [0.25, 0.3) is 0 Å². The van der Waals surface area contributed by atoms with Gasteiger partial charge in [-0.3, -0.25) is 4.99 Å². The predicted octanol–water partition coefficient (Wildman–Crippen LogP) is 4.22. The molecule has 1 aromatic heterocycles. The molecule has 0 bridgehead atoms. The lowest BCUT2D eigenvalue weighted by Crippen LogP contribution is -2.38. The number of guanidine groups is 1. The summed E-state index contributed by atoms with van der Waals surface area (Å²) in [5, 5.41) is 7.89. The average molecular weight is 490 g/mol. The highest BCUT2D eigenvalue weighted by Gasteiger charge is 2.03. The second kappa shape index (κ2) is 14.2. The SMILES string of the molecule is CCCCOCCCNC(=NC)NCCCc1nc2ccccc2s1.I. The van der Waals surface area contributed by atoms with Crippen LogP contribution in [0.4, 0.5) is 0 Å². The summed E-state index contributed by atoms with van der Waals surface area (Å²) >= 11 is 1.79. The van der Waals surface area contributed by atoms with E-state index in [4.69, 9.17) is 4.74 Å². The molecule has 0 amide bonds. The third-order valence-electron chi connectivity index (χ3n) is 3.82. The molecule has 146 valence electrons. The van der Waals surface area contributed by atoms with Crippen molar-refractivity contribution in [3.63, 3.8) is 0 Å². The van der Waals surface area contributed by atoms with Crippen LogP contribution in [0.15, 0.2) is 29.3 Å². The van der Waals surface area contributed by atoms with E-state index in [1.807, 2.05) is 6.07 Å². The number of rotatable bonds is 11. The van der Waals surface area contributed by atoms with Crippen LogP contribution in [0.1, 0.15) is 37.6 Å². The van der Waals surface area contributed by atoms with Crippen LogP contribution in [0.5, 0.6) is 0 Å². The second-order valence-electron chi connectivity index (χ2n) is 5.92. The molecule has 26 heavy (non-hydrogen) atoms. The fourth-order valence-electron chi connectivity index (χ4n) is 2.42. The lowest BCUT2D eigenvalue weighted by atomic mass is 10.3. The Bertz CT molecular complexity index is 614. The van der Waals surface area contributed by atoms with Crippen molar-refractivity contribution in [3.05, 3.63) is 29.3 Å². The molecule has 0 fully saturated rings. The molecule has 0 unspecified atom stereocenters. The number of ether oxygens (including phenoxy) is 1. The number of aliphatic imine (C=N–C) groups is 1. The van der Waals surface area contributed by atoms with Gasteiger partial charge in [0.1, 0.15) is 0 Å². The Labute approximate surface area is 178 Å². The predicted molar refractivity (Wildman–Crippen MR) is 123 cm³/mol. The topological polar surface area (TPSA) is 58.5 Å². The summed E-state index contributed by atoms with van der Waals surface area (Å²) in [6.45, 7) is 5.63. The Balaban J connectivity index is 0.00000338. The smallest absolute Gasteiger partial charge is 0.190 e. The molecule has 2 aromatic rings. The Kier molecular flexibility index (Phi) is 12.6. The number of nitrogens with zero attached hydrogens (tertiary/aromatic N) is 2. The summed E-state index contributed by atoms with van der Waals surface area (Å²) in [5.74, 6) is 0.859. The van der Waals surface area contributed by atoms with Crippen molar-refractivity contribution in [2.24, 2.45) is 4.99 Å². The molecule has 1 aromatic carbocycles. The average Bonchev–Trinajstić information content (AvgIpc) is 3.05. The maximum absolute atomic E-state index is 5.56. The van der Waals surface area contributed by atoms with Gasteiger partial charge >= 0.3 is 0 Å². The van der Waals surface area contributed by atoms with Gasteiger partial charge < -0.3 is 15.4 Å². The van der Waals surface area contributed by atoms with Crippen molar-refractivity contribution < 1.29 is 4.74 Å². The first-order valence-corrected chi connectivity index (χ1v) is 10.0. The summed E-state index contributed by atoms with van der Waals surface area (Å²) in [5.41, 5.74) is 1.11. The highest BCUT2D eigenvalue weighted by atomic mass is 127. The molecule has 0 aliphatic carbocycles. The van der Waals surface area contributed by atoms with Crippen LogP contribution in [-0.4, -0.2) is 44.3 Å². The quantitative estimate of drug-likeness (QED) is 0.214. The molecule has 5 nitrogen and oxygen atoms in total. The number of thiazole rings is 1. The van der Waals surface area contributed by atoms with Gasteiger partial charge in [-0.15, -0.1) is 35.3 Å². The fraction of sp³-hybridized carbons (Fsp3) is 0.579. The van der Waals surface area contributed by atoms with Crippen LogP contribution in [-0.2, 0) is 11.2 Å². The van der Waals surface area contributed by atoms with E-state index in [2.05, 4.69) is 45.7 Å². The zero-order chi connectivity index (χ0) is 17.7. The summed E-state index contributed by atoms with van der Waals surface area (Å²) in [6.07, 6.45) is 5.36. The third-order valence-corrected chi connectivity index (χ3v) is 4.92. The van der Waals surface area contributed by atoms with Crippen molar-refractivity contribution in [1.82, 2.24) is 15.6 Å². The number of hydrogen-bond acceptors (Lipinski definition) is 4. The minimum Gasteiger partial charge on any atom is -0.381 e. The number of halogens is 1. The van der Waals surface area contributed by atoms with Crippen molar-refractivity contribution >= 4 is 51.5 Å². The minimum atomic E-state index is 0. The summed E-state index contributed by atoms with van der Waals surface area (Å²) < 4.78 is 6.82. The normalized spacial score (nSPS) is 11.4. The van der Waals surface area contributed by atoms with Gasteiger partial charge in [0.2, 0.25) is 0 Å². The van der Waals surface area contributed by atoms with Crippen molar-refractivity contribution in [1.29, 1.82) is 0 Å². The maximum atomic E-state index is 5.56. The van der Waals surface area contributed by atoms with E-state index in [1.165, 1.54) is 16.1 Å². The van der Waals surface area contributed by atoms with E-state index in [-0.39, 0.29) is 24.0 Å². The number of para-hydroxylation sites is 1. The first-order chi connectivity index (χ1) is 12.3. The molecule has 0 aliphatic rings. The van der Waals surface area contributed by atoms with Crippen molar-refractivity contribution in [3.8, 4) is 0 Å². The van der Waals surface area contributed by atoms with Gasteiger partial charge in [0, 0.05) is 39.8 Å². The molecular weight excluding hydrogens is 459 g/mol. The van der Waals surface area contributed by atoms with Crippen LogP contribution in [0.25, 0.3) is 10.2 Å². The Morgan fingerprint density at radius 2 is 1.85 bits per heavy atom. The second-order valence-corrected chi connectivity index (χ2v) is 7.04. The van der Waals surface area contributed by atoms with Crippen LogP contribution in [0.2, 0.25) is 0 Å². The van der Waals surface area contributed by atoms with E-state index in [1.54, 1.807) is 18.4 Å². The largest absolute Gasteiger partial charge is 0.381 e. The highest BCUT2D eigenvalue weighted by molar-refractivity contribution is 14.0. The van der Waals surface area contributed by atoms with E-state index in [9.17, 15) is 0 Å². The van der Waals surface area contributed by atoms with Crippen LogP contribution < -0.4 is 10.6 Å². The first kappa shape index (κ1) is 23.1. The number of unbranched alkanes of at least 4 members (excludes halogenated alkanes) is 1. The van der Waals surface area contributed by atoms with Crippen molar-refractivity contribution in [2.75, 3.05) is 33.4 Å². The lowest BCUT2D eigenvalue weighted by molar-refractivity contribution is 0.129. The number of aromatic nitrogens is 1. The molecule has 0 radical (unpaired) electrons. The first-order valence-electron chi connectivity index (χ1n) is 9.20. The van der Waals surface area contributed by atoms with Crippen LogP contribution in [0, 0.1) is 0 Å². The molecule has 2 N–H and O–H groups in total. The number of fused-ring (bicyclic) bond motifs is 1. The van der Waals surface area contributed by atoms with E-state index in [0.717, 1.165) is 63.5 Å². The van der Waals surface area contributed by atoms with Crippen LogP contribution in [0.3, 0.4) is 0 Å². The zero-order valence-corrected chi connectivity index (χ0v) is 18.9. The molecular formula is C19H31IN4OS. The highest BCUT2D eigenvalue weighted by Crippen LogP contribution is 2.22. The molecule has 7 heteroatoms. The van der Waals surface area contributed by atoms with Gasteiger partial charge in [-0.25, -0.2) is 4.98 Å². The fourth-order valence-corrected chi connectivity index (χ4v) is 3.43. The molecule has 0 saturated heterocycles. The number of nitrogens with one attached hydrogen (secondary N) is 2. The van der Waals surface area contributed by atoms with Gasteiger partial charge in [-0.2, -0.15) is 0 Å². The van der Waals surface area contributed by atoms with E-state index in [0.29, 0.717) is 0 Å². The van der Waals surface area contributed by atoms with E-state index < -0.39 is 0 Å². The summed E-state index contributed by atoms with van der Waals surface area (Å²) in [6, 6.07) is 8.31. The number of hydrogen-bond donors (Lipinski definition) is 2. The summed E-state index contributed by atoms with van der Waals surface area (Å²) in [4.78, 5) is 8.93. The van der Waals surface area contributed by atoms with Gasteiger partial charge in [0.05, 0.1) is 15.2 Å². The number of aryl methyl sites for hydroxylation is 1. The van der Waals surface area contributed by atoms with Crippen molar-refractivity contribution in [2.45, 2.75) is 39.0 Å². The zero-order valence-electron chi connectivity index (χ0n) is 15.8. The van der Waals surface area contributed by atoms with Crippen LogP contribution >= 0.6 is 35.3 Å². The monoisotopic (exact) mass is 490 g/mol. The standard InChI is InChI=1S/C19H30N4OS.HI/c1-3-4-14-24-15-8-13-22-19(20-2)21-12-7-11-18-23-16-9-5-6-10-17(16)25-18;/h5-6,9-10H,3-4,7-8,11-15H2,1-2H3,(H2,20,21,22);1H. The molecule has 1 heterocycles. The van der Waals surface area contributed by atoms with Gasteiger partial charge in [-0.1, -0.05) is 25.5 Å². The van der Waals surface area contributed by atoms with Gasteiger partial charge in [0.15, 0.2) is 5.96 Å². The Morgan fingerprint density at radius 1 is 1.12 bits per heavy atom. The molecule has 2 rings (SSSR count). The summed E-state index contributed by atoms with van der Waals surface area (Å²) in [7, 11) is 1.81. The van der Waals surface area contributed by atoms with Gasteiger partial charge in [-0.05, 0) is 31.4 Å². The maximum Gasteiger partial charge on any atom is 0.190 e. The Morgan fingerprint density at radius 3 is 2.58 bits per heavy atom. The molecule has 0 atom stereocenters. The molecule has 0 saturated carbocycles. The molecule has 0 spiro atoms. The lowest BCUT2D eigenvalue weighted by Gasteiger charge is -2.11. The molecule has 0 aliphatic heterocycles. The minimum absolute atomic E-state index is 0. The van der Waals surface area contributed by atoms with E-state index >= 15 is 0 Å². The number of benzene rings is 1.